The zero-order valence-corrected chi connectivity index (χ0v) is 9.76. The Morgan fingerprint density at radius 1 is 1.50 bits per heavy atom. The molecule has 1 aliphatic rings. The summed E-state index contributed by atoms with van der Waals surface area (Å²) < 4.78 is 0. The molecule has 0 aromatic carbocycles. The van der Waals surface area contributed by atoms with E-state index >= 15 is 0 Å². The van der Waals surface area contributed by atoms with E-state index in [-0.39, 0.29) is 12.3 Å². The number of H-pyrrole nitrogens is 1. The van der Waals surface area contributed by atoms with Crippen molar-refractivity contribution in [3.05, 3.63) is 30.4 Å². The van der Waals surface area contributed by atoms with Crippen molar-refractivity contribution in [3.8, 4) is 11.4 Å². The van der Waals surface area contributed by atoms with Gasteiger partial charge in [-0.3, -0.25) is 14.9 Å². The van der Waals surface area contributed by atoms with Crippen LogP contribution in [0.5, 0.6) is 0 Å². The van der Waals surface area contributed by atoms with Crippen molar-refractivity contribution in [3.63, 3.8) is 0 Å². The van der Waals surface area contributed by atoms with Crippen molar-refractivity contribution in [1.29, 1.82) is 0 Å². The number of aromatic nitrogens is 4. The second kappa shape index (κ2) is 4.56. The van der Waals surface area contributed by atoms with E-state index in [4.69, 9.17) is 0 Å². The molecule has 2 heterocycles. The highest BCUT2D eigenvalue weighted by Crippen LogP contribution is 2.18. The zero-order valence-electron chi connectivity index (χ0n) is 9.76. The fraction of sp³-hybridized carbons (Fsp3) is 0.333. The lowest BCUT2D eigenvalue weighted by molar-refractivity contribution is -0.120. The molecular weight excluding hydrogens is 230 g/mol. The van der Waals surface area contributed by atoms with Gasteiger partial charge in [0.2, 0.25) is 5.91 Å². The van der Waals surface area contributed by atoms with Crippen molar-refractivity contribution >= 4 is 5.91 Å². The number of nitrogens with zero attached hydrogens (tertiary/aromatic N) is 3. The van der Waals surface area contributed by atoms with E-state index in [2.05, 4.69) is 25.5 Å². The predicted molar refractivity (Wildman–Crippen MR) is 64.5 cm³/mol. The molecule has 1 amide bonds. The Bertz CT molecular complexity index is 547. The van der Waals surface area contributed by atoms with Crippen molar-refractivity contribution in [2.24, 2.45) is 0 Å². The normalized spacial score (nSPS) is 14.4. The Balaban J connectivity index is 1.67. The fourth-order valence-electron chi connectivity index (χ4n) is 1.66. The number of hydrogen-bond acceptors (Lipinski definition) is 4. The maximum atomic E-state index is 11.6. The second-order valence-corrected chi connectivity index (χ2v) is 4.37. The van der Waals surface area contributed by atoms with Crippen LogP contribution < -0.4 is 5.32 Å². The Hall–Kier alpha value is -2.24. The third-order valence-electron chi connectivity index (χ3n) is 2.72. The Labute approximate surface area is 104 Å². The van der Waals surface area contributed by atoms with E-state index in [0.717, 1.165) is 18.4 Å². The van der Waals surface area contributed by atoms with Gasteiger partial charge in [-0.25, -0.2) is 4.98 Å². The molecule has 0 spiro atoms. The van der Waals surface area contributed by atoms with E-state index in [1.54, 1.807) is 12.4 Å². The molecule has 1 saturated carbocycles. The molecule has 0 bridgehead atoms. The number of carbonyl (C=O) groups is 1. The smallest absolute Gasteiger partial charge is 0.227 e. The number of hydrogen-bond donors (Lipinski definition) is 2. The molecule has 0 aliphatic heterocycles. The summed E-state index contributed by atoms with van der Waals surface area (Å²) in [7, 11) is 0. The molecule has 2 aromatic heterocycles. The van der Waals surface area contributed by atoms with Crippen LogP contribution in [0.15, 0.2) is 24.5 Å². The zero-order chi connectivity index (χ0) is 12.4. The van der Waals surface area contributed by atoms with Crippen LogP contribution >= 0.6 is 0 Å². The van der Waals surface area contributed by atoms with Gasteiger partial charge >= 0.3 is 0 Å². The van der Waals surface area contributed by atoms with E-state index in [1.165, 1.54) is 0 Å². The molecule has 0 atom stereocenters. The number of carbonyl (C=O) groups excluding carboxylic acids is 1. The highest BCUT2D eigenvalue weighted by molar-refractivity contribution is 5.78. The quantitative estimate of drug-likeness (QED) is 0.827. The number of nitrogens with one attached hydrogen (secondary N) is 2. The summed E-state index contributed by atoms with van der Waals surface area (Å²) >= 11 is 0. The first-order valence-electron chi connectivity index (χ1n) is 5.92. The van der Waals surface area contributed by atoms with Crippen molar-refractivity contribution in [1.82, 2.24) is 25.5 Å². The minimum absolute atomic E-state index is 0.00798. The van der Waals surface area contributed by atoms with Gasteiger partial charge in [0.1, 0.15) is 5.82 Å². The van der Waals surface area contributed by atoms with Crippen LogP contribution in [0.1, 0.15) is 18.7 Å². The monoisotopic (exact) mass is 243 g/mol. The van der Waals surface area contributed by atoms with Crippen LogP contribution in [-0.2, 0) is 11.2 Å². The summed E-state index contributed by atoms with van der Waals surface area (Å²) in [6.07, 6.45) is 5.80. The average molecular weight is 243 g/mol. The molecule has 92 valence electrons. The third kappa shape index (κ3) is 2.53. The molecule has 6 heteroatoms. The Morgan fingerprint density at radius 3 is 3.11 bits per heavy atom. The van der Waals surface area contributed by atoms with E-state index in [0.29, 0.717) is 17.7 Å². The molecule has 0 unspecified atom stereocenters. The van der Waals surface area contributed by atoms with Gasteiger partial charge in [0.15, 0.2) is 5.82 Å². The maximum Gasteiger partial charge on any atom is 0.227 e. The van der Waals surface area contributed by atoms with Gasteiger partial charge < -0.3 is 5.32 Å². The standard InChI is InChI=1S/C12H13N5O/c18-11(14-9-3-4-9)6-10-15-12(17-16-10)8-2-1-5-13-7-8/h1-2,5,7,9H,3-4,6H2,(H,14,18)(H,15,16,17). The van der Waals surface area contributed by atoms with Crippen molar-refractivity contribution < 1.29 is 4.79 Å². The summed E-state index contributed by atoms with van der Waals surface area (Å²) in [4.78, 5) is 19.9. The first-order valence-corrected chi connectivity index (χ1v) is 5.92. The number of aromatic amines is 1. The fourth-order valence-corrected chi connectivity index (χ4v) is 1.66. The topological polar surface area (TPSA) is 83.6 Å². The van der Waals surface area contributed by atoms with Gasteiger partial charge in [0.05, 0.1) is 6.42 Å². The summed E-state index contributed by atoms with van der Waals surface area (Å²) in [5.41, 5.74) is 0.836. The van der Waals surface area contributed by atoms with Gasteiger partial charge in [0.25, 0.3) is 0 Å². The van der Waals surface area contributed by atoms with Crippen LogP contribution in [0.3, 0.4) is 0 Å². The van der Waals surface area contributed by atoms with Gasteiger partial charge in [0, 0.05) is 24.0 Å². The highest BCUT2D eigenvalue weighted by atomic mass is 16.1. The van der Waals surface area contributed by atoms with Crippen LogP contribution in [0.25, 0.3) is 11.4 Å². The summed E-state index contributed by atoms with van der Waals surface area (Å²) in [5, 5.41) is 9.77. The first kappa shape index (κ1) is 10.9. The maximum absolute atomic E-state index is 11.6. The molecule has 1 fully saturated rings. The molecule has 3 rings (SSSR count). The van der Waals surface area contributed by atoms with Crippen LogP contribution in [0.2, 0.25) is 0 Å². The SMILES string of the molecule is O=C(Cc1nc(-c2cccnc2)n[nH]1)NC1CC1. The van der Waals surface area contributed by atoms with Gasteiger partial charge in [-0.15, -0.1) is 0 Å². The van der Waals surface area contributed by atoms with Crippen molar-refractivity contribution in [2.75, 3.05) is 0 Å². The predicted octanol–water partition coefficient (Wildman–Crippen LogP) is 0.688. The van der Waals surface area contributed by atoms with Crippen LogP contribution in [0.4, 0.5) is 0 Å². The van der Waals surface area contributed by atoms with E-state index in [9.17, 15) is 4.79 Å². The first-order chi connectivity index (χ1) is 8.81. The van der Waals surface area contributed by atoms with Gasteiger partial charge in [-0.1, -0.05) is 0 Å². The summed E-state index contributed by atoms with van der Waals surface area (Å²) in [6, 6.07) is 4.08. The number of rotatable bonds is 4. The van der Waals surface area contributed by atoms with Crippen LogP contribution in [0, 0.1) is 0 Å². The van der Waals surface area contributed by atoms with Gasteiger partial charge in [-0.2, -0.15) is 5.10 Å². The lowest BCUT2D eigenvalue weighted by Crippen LogP contribution is -2.27. The molecule has 1 aliphatic carbocycles. The molecule has 6 nitrogen and oxygen atoms in total. The minimum Gasteiger partial charge on any atom is -0.353 e. The largest absolute Gasteiger partial charge is 0.353 e. The van der Waals surface area contributed by atoms with E-state index in [1.807, 2.05) is 12.1 Å². The van der Waals surface area contributed by atoms with Gasteiger partial charge in [-0.05, 0) is 25.0 Å². The summed E-state index contributed by atoms with van der Waals surface area (Å²) in [5.74, 6) is 1.13. The lowest BCUT2D eigenvalue weighted by Gasteiger charge is -1.99. The Morgan fingerprint density at radius 2 is 2.39 bits per heavy atom. The van der Waals surface area contributed by atoms with E-state index < -0.39 is 0 Å². The molecule has 0 radical (unpaired) electrons. The second-order valence-electron chi connectivity index (χ2n) is 4.37. The number of amides is 1. The highest BCUT2D eigenvalue weighted by Gasteiger charge is 2.23. The molecule has 2 aromatic rings. The number of pyridine rings is 1. The lowest BCUT2D eigenvalue weighted by atomic mass is 10.3. The third-order valence-corrected chi connectivity index (χ3v) is 2.72. The van der Waals surface area contributed by atoms with Crippen LogP contribution in [-0.4, -0.2) is 32.1 Å². The molecule has 2 N–H and O–H groups in total. The molecular formula is C12H13N5O. The minimum atomic E-state index is -0.00798. The molecule has 0 saturated heterocycles. The Kier molecular flexibility index (Phi) is 2.76. The average Bonchev–Trinajstić information content (AvgIpc) is 3.06. The van der Waals surface area contributed by atoms with Crippen molar-refractivity contribution in [2.45, 2.75) is 25.3 Å². The molecule has 18 heavy (non-hydrogen) atoms. The summed E-state index contributed by atoms with van der Waals surface area (Å²) in [6.45, 7) is 0.